The number of aliphatic hydroxyl groups is 1. The topological polar surface area (TPSA) is 71.5 Å². The van der Waals surface area contributed by atoms with Crippen LogP contribution in [0.4, 0.5) is 0 Å². The Balaban J connectivity index is 1.74. The first-order chi connectivity index (χ1) is 14.2. The lowest BCUT2D eigenvalue weighted by Gasteiger charge is -2.45. The van der Waals surface area contributed by atoms with Crippen LogP contribution in [0.1, 0.15) is 42.0 Å². The molecule has 3 heterocycles. The summed E-state index contributed by atoms with van der Waals surface area (Å²) in [7, 11) is 1.64. The summed E-state index contributed by atoms with van der Waals surface area (Å²) in [5.74, 6) is -0.148. The van der Waals surface area contributed by atoms with Crippen molar-refractivity contribution in [3.63, 3.8) is 0 Å². The summed E-state index contributed by atoms with van der Waals surface area (Å²) in [5.41, 5.74) is 3.29. The van der Waals surface area contributed by atoms with Crippen LogP contribution in [-0.4, -0.2) is 66.7 Å². The van der Waals surface area contributed by atoms with Crippen LogP contribution >= 0.6 is 0 Å². The second kappa shape index (κ2) is 7.64. The molecule has 1 N–H and O–H groups in total. The van der Waals surface area contributed by atoms with E-state index < -0.39 is 5.54 Å². The van der Waals surface area contributed by atoms with Crippen LogP contribution in [0.3, 0.4) is 0 Å². The number of carbonyl (C=O) groups excluding carboxylic acids is 1. The van der Waals surface area contributed by atoms with Gasteiger partial charge in [0, 0.05) is 18.5 Å². The van der Waals surface area contributed by atoms with E-state index in [1.54, 1.807) is 7.11 Å². The number of aliphatic hydroxyl groups excluding tert-OH is 1. The largest absolute Gasteiger partial charge is 0.509 e. The molecule has 0 radical (unpaired) electrons. The van der Waals surface area contributed by atoms with E-state index >= 15 is 0 Å². The molecule has 0 bridgehead atoms. The average Bonchev–Trinajstić information content (AvgIpc) is 2.86. The van der Waals surface area contributed by atoms with E-state index in [1.807, 2.05) is 38.0 Å². The maximum atomic E-state index is 13.7. The van der Waals surface area contributed by atoms with Crippen molar-refractivity contribution in [1.29, 1.82) is 0 Å². The van der Waals surface area contributed by atoms with E-state index in [1.165, 1.54) is 5.06 Å². The number of rotatable bonds is 5. The Labute approximate surface area is 178 Å². The summed E-state index contributed by atoms with van der Waals surface area (Å²) in [4.78, 5) is 25.2. The minimum Gasteiger partial charge on any atom is -0.509 e. The standard InChI is InChI=1S/C23H32N2O5/c1-15-10-16(2)18(17(3)11-15)19-20(26)23(6-8-24(28-5)9-7-23)25(21(19)27)30-14-22(4)12-29-13-22/h10-11,26H,6-9,12-14H2,1-5H3. The van der Waals surface area contributed by atoms with Gasteiger partial charge >= 0.3 is 0 Å². The summed E-state index contributed by atoms with van der Waals surface area (Å²) < 4.78 is 5.33. The molecule has 4 rings (SSSR count). The predicted octanol–water partition coefficient (Wildman–Crippen LogP) is 3.09. The molecule has 3 aliphatic rings. The Hall–Kier alpha value is -1.93. The molecule has 0 atom stereocenters. The van der Waals surface area contributed by atoms with Crippen molar-refractivity contribution < 1.29 is 24.3 Å². The van der Waals surface area contributed by atoms with Crippen LogP contribution in [0.15, 0.2) is 17.9 Å². The quantitative estimate of drug-likeness (QED) is 0.795. The van der Waals surface area contributed by atoms with Gasteiger partial charge in [-0.1, -0.05) is 24.6 Å². The van der Waals surface area contributed by atoms with E-state index in [-0.39, 0.29) is 17.1 Å². The van der Waals surface area contributed by atoms with E-state index in [2.05, 4.69) is 6.92 Å². The van der Waals surface area contributed by atoms with Crippen molar-refractivity contribution >= 4 is 11.5 Å². The van der Waals surface area contributed by atoms with Crippen LogP contribution in [0.2, 0.25) is 0 Å². The number of hydrogen-bond donors (Lipinski definition) is 1. The average molecular weight is 417 g/mol. The fraction of sp³-hybridized carbons (Fsp3) is 0.609. The number of amides is 1. The van der Waals surface area contributed by atoms with E-state index in [0.717, 1.165) is 22.3 Å². The Morgan fingerprint density at radius 1 is 1.13 bits per heavy atom. The second-order valence-corrected chi connectivity index (χ2v) is 9.32. The predicted molar refractivity (Wildman–Crippen MR) is 112 cm³/mol. The van der Waals surface area contributed by atoms with Gasteiger partial charge in [0.25, 0.3) is 5.91 Å². The summed E-state index contributed by atoms with van der Waals surface area (Å²) in [6.07, 6.45) is 1.08. The number of carbonyl (C=O) groups is 1. The van der Waals surface area contributed by atoms with Gasteiger partial charge in [-0.3, -0.25) is 9.63 Å². The lowest BCUT2D eigenvalue weighted by molar-refractivity contribution is -0.259. The van der Waals surface area contributed by atoms with Gasteiger partial charge < -0.3 is 14.7 Å². The maximum Gasteiger partial charge on any atom is 0.282 e. The highest BCUT2D eigenvalue weighted by Crippen LogP contribution is 2.47. The monoisotopic (exact) mass is 416 g/mol. The number of ether oxygens (including phenoxy) is 1. The van der Waals surface area contributed by atoms with Crippen molar-refractivity contribution in [1.82, 2.24) is 10.1 Å². The zero-order chi connectivity index (χ0) is 21.7. The smallest absolute Gasteiger partial charge is 0.282 e. The first-order valence-electron chi connectivity index (χ1n) is 10.6. The van der Waals surface area contributed by atoms with Gasteiger partial charge in [0.15, 0.2) is 0 Å². The van der Waals surface area contributed by atoms with E-state index in [0.29, 0.717) is 51.3 Å². The van der Waals surface area contributed by atoms with Gasteiger partial charge in [-0.05, 0) is 50.3 Å². The molecule has 2 fully saturated rings. The molecule has 7 nitrogen and oxygen atoms in total. The van der Waals surface area contributed by atoms with Crippen LogP contribution in [0.25, 0.3) is 5.57 Å². The van der Waals surface area contributed by atoms with Gasteiger partial charge in [0.05, 0.1) is 32.5 Å². The molecule has 1 spiro atoms. The Morgan fingerprint density at radius 2 is 1.73 bits per heavy atom. The first kappa shape index (κ1) is 21.3. The Kier molecular flexibility index (Phi) is 5.43. The highest BCUT2D eigenvalue weighted by Gasteiger charge is 2.56. The van der Waals surface area contributed by atoms with Gasteiger partial charge in [-0.2, -0.15) is 5.06 Å². The summed E-state index contributed by atoms with van der Waals surface area (Å²) in [6, 6.07) is 4.10. The maximum absolute atomic E-state index is 13.7. The Bertz CT molecular complexity index is 859. The lowest BCUT2D eigenvalue weighted by Crippen LogP contribution is -2.56. The molecule has 2 saturated heterocycles. The fourth-order valence-corrected chi connectivity index (χ4v) is 4.94. The van der Waals surface area contributed by atoms with E-state index in [9.17, 15) is 9.90 Å². The number of aryl methyl sites for hydroxylation is 3. The van der Waals surface area contributed by atoms with Gasteiger partial charge in [-0.25, -0.2) is 5.06 Å². The molecule has 30 heavy (non-hydrogen) atoms. The Morgan fingerprint density at radius 3 is 2.23 bits per heavy atom. The fourth-order valence-electron chi connectivity index (χ4n) is 4.94. The van der Waals surface area contributed by atoms with Crippen molar-refractivity contribution in [2.24, 2.45) is 5.41 Å². The zero-order valence-corrected chi connectivity index (χ0v) is 18.6. The molecular formula is C23H32N2O5. The third-order valence-corrected chi connectivity index (χ3v) is 6.64. The highest BCUT2D eigenvalue weighted by molar-refractivity contribution is 6.23. The SMILES string of the molecule is CON1CCC2(CC1)C(O)=C(c1c(C)cc(C)cc1C)C(=O)N2OCC1(C)COC1. The third-order valence-electron chi connectivity index (χ3n) is 6.64. The van der Waals surface area contributed by atoms with Gasteiger partial charge in [0.1, 0.15) is 11.3 Å². The molecule has 0 aliphatic carbocycles. The normalized spacial score (nSPS) is 23.4. The molecule has 1 amide bonds. The molecule has 7 heteroatoms. The minimum atomic E-state index is -0.869. The number of nitrogens with zero attached hydrogens (tertiary/aromatic N) is 2. The van der Waals surface area contributed by atoms with Crippen molar-refractivity contribution in [3.8, 4) is 0 Å². The van der Waals surface area contributed by atoms with Crippen LogP contribution in [-0.2, 0) is 19.2 Å². The molecule has 164 valence electrons. The number of piperidine rings is 1. The third kappa shape index (κ3) is 3.34. The number of hydroxylamine groups is 4. The zero-order valence-electron chi connectivity index (χ0n) is 18.6. The summed E-state index contributed by atoms with van der Waals surface area (Å²) in [5, 5.41) is 14.8. The van der Waals surface area contributed by atoms with Crippen molar-refractivity contribution in [2.45, 2.75) is 46.1 Å². The molecule has 3 aliphatic heterocycles. The first-order valence-corrected chi connectivity index (χ1v) is 10.6. The number of hydrogen-bond acceptors (Lipinski definition) is 6. The van der Waals surface area contributed by atoms with Gasteiger partial charge in [-0.15, -0.1) is 0 Å². The molecule has 1 aromatic carbocycles. The van der Waals surface area contributed by atoms with Gasteiger partial charge in [0.2, 0.25) is 0 Å². The van der Waals surface area contributed by atoms with Crippen molar-refractivity contribution in [2.75, 3.05) is 40.0 Å². The molecule has 0 saturated carbocycles. The lowest BCUT2D eigenvalue weighted by atomic mass is 9.85. The molecule has 1 aromatic rings. The summed E-state index contributed by atoms with van der Waals surface area (Å²) >= 11 is 0. The minimum absolute atomic E-state index is 0.108. The van der Waals surface area contributed by atoms with Crippen LogP contribution in [0.5, 0.6) is 0 Å². The number of benzene rings is 1. The van der Waals surface area contributed by atoms with Crippen molar-refractivity contribution in [3.05, 3.63) is 40.1 Å². The summed E-state index contributed by atoms with van der Waals surface area (Å²) in [6.45, 7) is 10.9. The molecule has 0 aromatic heterocycles. The second-order valence-electron chi connectivity index (χ2n) is 9.32. The van der Waals surface area contributed by atoms with Crippen LogP contribution in [0, 0.1) is 26.2 Å². The molecular weight excluding hydrogens is 384 g/mol. The van der Waals surface area contributed by atoms with E-state index in [4.69, 9.17) is 14.4 Å². The molecule has 0 unspecified atom stereocenters. The van der Waals surface area contributed by atoms with Crippen LogP contribution < -0.4 is 0 Å². The highest BCUT2D eigenvalue weighted by atomic mass is 16.7.